The number of rotatable bonds is 3. The molecular formula is C24H28N4O3. The van der Waals surface area contributed by atoms with Gasteiger partial charge in [0.1, 0.15) is 5.82 Å². The third-order valence-corrected chi connectivity index (χ3v) is 7.07. The quantitative estimate of drug-likeness (QED) is 0.771. The standard InChI is InChI=1S/C24H28N4O3/c1-3-4-10-28-22(30)24(21(29)26-23(28)31)14-17-13-16-12-15(2)8-9-18(16)25-20(17)27-11-6-5-7-19(24)27/h8-9,12-13,19H,3-7,10-11,14H2,1-2H3,(H,26,29,31)/t19-,24+/m1/s1. The predicted molar refractivity (Wildman–Crippen MR) is 118 cm³/mol. The molecule has 2 saturated heterocycles. The first kappa shape index (κ1) is 20.0. The van der Waals surface area contributed by atoms with E-state index >= 15 is 0 Å². The molecule has 3 aliphatic heterocycles. The van der Waals surface area contributed by atoms with Crippen LogP contribution in [0.4, 0.5) is 10.6 Å². The van der Waals surface area contributed by atoms with Gasteiger partial charge in [0.2, 0.25) is 11.8 Å². The zero-order chi connectivity index (χ0) is 21.8. The topological polar surface area (TPSA) is 82.6 Å². The Balaban J connectivity index is 1.66. The van der Waals surface area contributed by atoms with E-state index < -0.39 is 17.4 Å². The van der Waals surface area contributed by atoms with Gasteiger partial charge in [-0.05, 0) is 56.4 Å². The first-order valence-electron chi connectivity index (χ1n) is 11.3. The number of barbiturate groups is 1. The van der Waals surface area contributed by atoms with E-state index in [2.05, 4.69) is 28.4 Å². The fourth-order valence-corrected chi connectivity index (χ4v) is 5.50. The summed E-state index contributed by atoms with van der Waals surface area (Å²) in [6.45, 7) is 5.15. The maximum absolute atomic E-state index is 13.8. The normalized spacial score (nSPS) is 25.6. The van der Waals surface area contributed by atoms with Gasteiger partial charge >= 0.3 is 6.03 Å². The molecule has 7 nitrogen and oxygen atoms in total. The summed E-state index contributed by atoms with van der Waals surface area (Å²) >= 11 is 0. The second-order valence-electron chi connectivity index (χ2n) is 9.09. The van der Waals surface area contributed by atoms with E-state index in [-0.39, 0.29) is 18.4 Å². The van der Waals surface area contributed by atoms with Gasteiger partial charge < -0.3 is 4.90 Å². The molecule has 7 heteroatoms. The summed E-state index contributed by atoms with van der Waals surface area (Å²) in [5.41, 5.74) is 1.68. The number of urea groups is 1. The molecule has 1 aromatic carbocycles. The van der Waals surface area contributed by atoms with Crippen LogP contribution in [-0.4, -0.2) is 46.9 Å². The first-order valence-corrected chi connectivity index (χ1v) is 11.3. The second kappa shape index (κ2) is 7.32. The Bertz CT molecular complexity index is 1100. The number of amides is 4. The molecule has 3 aliphatic rings. The predicted octanol–water partition coefficient (Wildman–Crippen LogP) is 3.32. The summed E-state index contributed by atoms with van der Waals surface area (Å²) < 4.78 is 0. The Hall–Kier alpha value is -2.96. The maximum Gasteiger partial charge on any atom is 0.330 e. The van der Waals surface area contributed by atoms with Gasteiger partial charge in [-0.1, -0.05) is 25.0 Å². The molecule has 0 saturated carbocycles. The highest BCUT2D eigenvalue weighted by molar-refractivity contribution is 6.20. The van der Waals surface area contributed by atoms with Crippen molar-refractivity contribution in [2.75, 3.05) is 18.0 Å². The Kier molecular flexibility index (Phi) is 4.72. The van der Waals surface area contributed by atoms with Gasteiger partial charge in [-0.15, -0.1) is 0 Å². The largest absolute Gasteiger partial charge is 0.352 e. The first-order chi connectivity index (χ1) is 15.0. The molecule has 0 radical (unpaired) electrons. The number of carbonyl (C=O) groups is 3. The second-order valence-corrected chi connectivity index (χ2v) is 9.09. The minimum absolute atomic E-state index is 0.279. The third-order valence-electron chi connectivity index (χ3n) is 7.07. The van der Waals surface area contributed by atoms with E-state index in [9.17, 15) is 14.4 Å². The highest BCUT2D eigenvalue weighted by atomic mass is 16.2. The van der Waals surface area contributed by atoms with E-state index in [0.717, 1.165) is 66.5 Å². The number of fused-ring (bicyclic) bond motifs is 5. The number of carbonyl (C=O) groups excluding carboxylic acids is 3. The Labute approximate surface area is 181 Å². The molecule has 31 heavy (non-hydrogen) atoms. The number of pyridine rings is 1. The van der Waals surface area contributed by atoms with Crippen molar-refractivity contribution < 1.29 is 14.4 Å². The van der Waals surface area contributed by atoms with E-state index in [1.807, 2.05) is 19.9 Å². The number of anilines is 1. The van der Waals surface area contributed by atoms with Crippen LogP contribution in [0.15, 0.2) is 24.3 Å². The van der Waals surface area contributed by atoms with Gasteiger partial charge in [-0.2, -0.15) is 0 Å². The van der Waals surface area contributed by atoms with Crippen LogP contribution in [-0.2, 0) is 16.0 Å². The number of piperidine rings is 1. The van der Waals surface area contributed by atoms with Crippen LogP contribution in [0.5, 0.6) is 0 Å². The molecule has 1 aromatic heterocycles. The average Bonchev–Trinajstić information content (AvgIpc) is 2.76. The lowest BCUT2D eigenvalue weighted by atomic mass is 9.66. The number of aromatic nitrogens is 1. The number of unbranched alkanes of at least 4 members (excludes halogenated alkanes) is 1. The molecule has 2 fully saturated rings. The molecule has 1 N–H and O–H groups in total. The number of benzene rings is 1. The van der Waals surface area contributed by atoms with Gasteiger partial charge in [-0.25, -0.2) is 9.78 Å². The Morgan fingerprint density at radius 3 is 2.84 bits per heavy atom. The van der Waals surface area contributed by atoms with Crippen molar-refractivity contribution in [3.8, 4) is 0 Å². The van der Waals surface area contributed by atoms with Gasteiger partial charge in [0.05, 0.1) is 11.6 Å². The zero-order valence-electron chi connectivity index (χ0n) is 18.1. The number of nitrogens with one attached hydrogen (secondary N) is 1. The zero-order valence-corrected chi connectivity index (χ0v) is 18.1. The van der Waals surface area contributed by atoms with Crippen LogP contribution >= 0.6 is 0 Å². The number of imide groups is 2. The fraction of sp³-hybridized carbons (Fsp3) is 0.500. The molecule has 4 heterocycles. The fourth-order valence-electron chi connectivity index (χ4n) is 5.50. The van der Waals surface area contributed by atoms with E-state index in [4.69, 9.17) is 4.98 Å². The van der Waals surface area contributed by atoms with Crippen LogP contribution in [0, 0.1) is 12.3 Å². The lowest BCUT2D eigenvalue weighted by Gasteiger charge is -2.53. The van der Waals surface area contributed by atoms with Crippen molar-refractivity contribution >= 4 is 34.6 Å². The van der Waals surface area contributed by atoms with Crippen LogP contribution in [0.25, 0.3) is 10.9 Å². The highest BCUT2D eigenvalue weighted by Gasteiger charge is 2.62. The monoisotopic (exact) mass is 420 g/mol. The summed E-state index contributed by atoms with van der Waals surface area (Å²) in [6, 6.07) is 7.36. The SMILES string of the molecule is CCCCN1C(=O)NC(=O)[C@@]2(Cc3cc4cc(C)ccc4nc3N3CCCC[C@@H]32)C1=O. The molecule has 1 spiro atoms. The number of hydrogen-bond acceptors (Lipinski definition) is 5. The maximum atomic E-state index is 13.8. The summed E-state index contributed by atoms with van der Waals surface area (Å²) in [7, 11) is 0. The molecule has 4 amide bonds. The number of hydrogen-bond donors (Lipinski definition) is 1. The van der Waals surface area contributed by atoms with Crippen LogP contribution < -0.4 is 10.2 Å². The number of aryl methyl sites for hydroxylation is 1. The molecule has 0 aliphatic carbocycles. The summed E-state index contributed by atoms with van der Waals surface area (Å²) in [5.74, 6) is 0.0769. The van der Waals surface area contributed by atoms with E-state index in [0.29, 0.717) is 6.54 Å². The average molecular weight is 421 g/mol. The van der Waals surface area contributed by atoms with Crippen molar-refractivity contribution in [2.45, 2.75) is 58.4 Å². The Morgan fingerprint density at radius 2 is 2.03 bits per heavy atom. The molecule has 5 rings (SSSR count). The van der Waals surface area contributed by atoms with Crippen LogP contribution in [0.3, 0.4) is 0 Å². The van der Waals surface area contributed by atoms with Crippen molar-refractivity contribution in [3.05, 3.63) is 35.4 Å². The molecule has 162 valence electrons. The van der Waals surface area contributed by atoms with Crippen molar-refractivity contribution in [1.82, 2.24) is 15.2 Å². The lowest BCUT2D eigenvalue weighted by Crippen LogP contribution is -2.72. The lowest BCUT2D eigenvalue weighted by molar-refractivity contribution is -0.154. The molecule has 2 aromatic rings. The summed E-state index contributed by atoms with van der Waals surface area (Å²) in [6.07, 6.45) is 4.55. The summed E-state index contributed by atoms with van der Waals surface area (Å²) in [5, 5.41) is 3.53. The van der Waals surface area contributed by atoms with E-state index in [1.54, 1.807) is 0 Å². The van der Waals surface area contributed by atoms with Gasteiger partial charge in [-0.3, -0.25) is 19.8 Å². The number of nitrogens with zero attached hydrogens (tertiary/aromatic N) is 3. The van der Waals surface area contributed by atoms with Gasteiger partial charge in [0, 0.05) is 24.9 Å². The smallest absolute Gasteiger partial charge is 0.330 e. The molecule has 0 bridgehead atoms. The Morgan fingerprint density at radius 1 is 1.19 bits per heavy atom. The minimum Gasteiger partial charge on any atom is -0.352 e. The highest BCUT2D eigenvalue weighted by Crippen LogP contribution is 2.47. The molecule has 2 atom stereocenters. The van der Waals surface area contributed by atoms with Crippen LogP contribution in [0.1, 0.15) is 50.2 Å². The summed E-state index contributed by atoms with van der Waals surface area (Å²) in [4.78, 5) is 48.1. The van der Waals surface area contributed by atoms with Crippen molar-refractivity contribution in [2.24, 2.45) is 5.41 Å². The molecular weight excluding hydrogens is 392 g/mol. The van der Waals surface area contributed by atoms with Gasteiger partial charge in [0.25, 0.3) is 0 Å². The third kappa shape index (κ3) is 2.93. The van der Waals surface area contributed by atoms with Crippen molar-refractivity contribution in [3.63, 3.8) is 0 Å². The van der Waals surface area contributed by atoms with Gasteiger partial charge in [0.15, 0.2) is 5.41 Å². The van der Waals surface area contributed by atoms with E-state index in [1.165, 1.54) is 4.90 Å². The van der Waals surface area contributed by atoms with Crippen molar-refractivity contribution in [1.29, 1.82) is 0 Å². The minimum atomic E-state index is -1.28. The molecule has 0 unspecified atom stereocenters. The van der Waals surface area contributed by atoms with Crippen LogP contribution in [0.2, 0.25) is 0 Å².